The van der Waals surface area contributed by atoms with Crippen molar-refractivity contribution >= 4 is 28.3 Å². The molecule has 1 atom stereocenters. The number of aromatic nitrogens is 3. The van der Waals surface area contributed by atoms with Crippen molar-refractivity contribution in [3.63, 3.8) is 0 Å². The molecule has 0 aliphatic carbocycles. The number of hydrogen-bond donors (Lipinski definition) is 0. The van der Waals surface area contributed by atoms with E-state index in [0.29, 0.717) is 28.0 Å². The van der Waals surface area contributed by atoms with Crippen LogP contribution in [0, 0.1) is 18.3 Å². The third-order valence-corrected chi connectivity index (χ3v) is 5.17. The summed E-state index contributed by atoms with van der Waals surface area (Å²) in [6.07, 6.45) is -0.842. The number of ether oxygens (including phenoxy) is 1. The Morgan fingerprint density at radius 1 is 1.25 bits per heavy atom. The maximum atomic E-state index is 12.8. The number of nitrogens with zero attached hydrogens (tertiary/aromatic N) is 4. The van der Waals surface area contributed by atoms with Crippen molar-refractivity contribution in [3.8, 4) is 22.3 Å². The molecule has 0 saturated heterocycles. The van der Waals surface area contributed by atoms with Crippen LogP contribution in [0.1, 0.15) is 23.0 Å². The highest BCUT2D eigenvalue weighted by atomic mass is 32.1. The van der Waals surface area contributed by atoms with Crippen LogP contribution in [0.2, 0.25) is 0 Å². The number of rotatable bonds is 4. The van der Waals surface area contributed by atoms with Crippen LogP contribution in [-0.4, -0.2) is 26.8 Å². The third kappa shape index (κ3) is 3.15. The predicted molar refractivity (Wildman–Crippen MR) is 107 cm³/mol. The molecular formula is C21H16N4O2S. The number of nitriles is 1. The van der Waals surface area contributed by atoms with E-state index in [2.05, 4.69) is 5.10 Å². The number of benzene rings is 1. The largest absolute Gasteiger partial charge is 0.444 e. The fourth-order valence-corrected chi connectivity index (χ4v) is 3.69. The Balaban J connectivity index is 1.98. The first kappa shape index (κ1) is 17.9. The zero-order valence-electron chi connectivity index (χ0n) is 15.3. The van der Waals surface area contributed by atoms with Crippen molar-refractivity contribution in [1.82, 2.24) is 14.8 Å². The van der Waals surface area contributed by atoms with Gasteiger partial charge in [0.2, 0.25) is 0 Å². The molecule has 4 aromatic rings. The number of fused-ring (bicyclic) bond motifs is 1. The van der Waals surface area contributed by atoms with Crippen LogP contribution < -0.4 is 0 Å². The highest BCUT2D eigenvalue weighted by Crippen LogP contribution is 2.31. The second-order valence-corrected chi connectivity index (χ2v) is 7.19. The smallest absolute Gasteiger partial charge is 0.340 e. The van der Waals surface area contributed by atoms with Gasteiger partial charge in [-0.3, -0.25) is 0 Å². The van der Waals surface area contributed by atoms with Crippen molar-refractivity contribution in [2.45, 2.75) is 20.0 Å². The van der Waals surface area contributed by atoms with Crippen molar-refractivity contribution < 1.29 is 9.53 Å². The topological polar surface area (TPSA) is 80.8 Å². The van der Waals surface area contributed by atoms with Crippen molar-refractivity contribution in [3.05, 3.63) is 65.2 Å². The molecule has 28 heavy (non-hydrogen) atoms. The molecular weight excluding hydrogens is 372 g/mol. The molecule has 0 spiro atoms. The molecule has 3 heterocycles. The minimum absolute atomic E-state index is 0.357. The van der Waals surface area contributed by atoms with Crippen molar-refractivity contribution in [2.24, 2.45) is 0 Å². The Morgan fingerprint density at radius 3 is 2.71 bits per heavy atom. The van der Waals surface area contributed by atoms with E-state index in [1.165, 1.54) is 18.3 Å². The molecule has 0 radical (unpaired) electrons. The summed E-state index contributed by atoms with van der Waals surface area (Å²) in [6, 6.07) is 17.2. The van der Waals surface area contributed by atoms with Crippen molar-refractivity contribution in [2.75, 3.05) is 0 Å². The van der Waals surface area contributed by atoms with Gasteiger partial charge < -0.3 is 4.74 Å². The molecule has 0 amide bonds. The Kier molecular flexibility index (Phi) is 4.63. The van der Waals surface area contributed by atoms with E-state index in [-0.39, 0.29) is 0 Å². The van der Waals surface area contributed by atoms with Gasteiger partial charge in [-0.1, -0.05) is 24.3 Å². The predicted octanol–water partition coefficient (Wildman–Crippen LogP) is 4.53. The number of aryl methyl sites for hydroxylation is 1. The zero-order chi connectivity index (χ0) is 19.7. The van der Waals surface area contributed by atoms with Gasteiger partial charge in [0.25, 0.3) is 0 Å². The van der Waals surface area contributed by atoms with Crippen LogP contribution in [0.5, 0.6) is 0 Å². The van der Waals surface area contributed by atoms with Crippen LogP contribution in [0.4, 0.5) is 0 Å². The quantitative estimate of drug-likeness (QED) is 0.480. The van der Waals surface area contributed by atoms with E-state index >= 15 is 0 Å². The maximum absolute atomic E-state index is 12.8. The van der Waals surface area contributed by atoms with Crippen LogP contribution in [0.25, 0.3) is 27.3 Å². The molecule has 138 valence electrons. The molecule has 6 nitrogen and oxygen atoms in total. The van der Waals surface area contributed by atoms with Gasteiger partial charge in [0.05, 0.1) is 32.9 Å². The molecule has 0 saturated carbocycles. The van der Waals surface area contributed by atoms with E-state index < -0.39 is 12.1 Å². The number of thiophene rings is 1. The molecule has 1 unspecified atom stereocenters. The number of hydrogen-bond acceptors (Lipinski definition) is 6. The van der Waals surface area contributed by atoms with Gasteiger partial charge in [-0.15, -0.1) is 11.3 Å². The fourth-order valence-electron chi connectivity index (χ4n) is 3.00. The summed E-state index contributed by atoms with van der Waals surface area (Å²) in [6.45, 7) is 3.37. The van der Waals surface area contributed by atoms with E-state index in [1.807, 2.05) is 60.8 Å². The Bertz CT molecular complexity index is 1190. The molecule has 0 N–H and O–H groups in total. The monoisotopic (exact) mass is 388 g/mol. The van der Waals surface area contributed by atoms with Crippen LogP contribution in [-0.2, 0) is 4.74 Å². The SMILES string of the molecule is Cc1nn(-c2ccccc2)c2nc(-c3cccs3)cc(C(=O)OC(C)C#N)c12. The number of carbonyl (C=O) groups is 1. The van der Waals surface area contributed by atoms with Gasteiger partial charge in [0.1, 0.15) is 6.07 Å². The number of esters is 1. The number of pyridine rings is 1. The summed E-state index contributed by atoms with van der Waals surface area (Å²) in [5.74, 6) is -0.560. The highest BCUT2D eigenvalue weighted by Gasteiger charge is 2.23. The second kappa shape index (κ2) is 7.25. The normalized spacial score (nSPS) is 11.9. The lowest BCUT2D eigenvalue weighted by Crippen LogP contribution is -2.14. The van der Waals surface area contributed by atoms with Gasteiger partial charge in [-0.25, -0.2) is 14.5 Å². The third-order valence-electron chi connectivity index (χ3n) is 4.27. The van der Waals surface area contributed by atoms with Gasteiger partial charge in [0.15, 0.2) is 11.8 Å². The Hall–Kier alpha value is -3.50. The van der Waals surface area contributed by atoms with Gasteiger partial charge >= 0.3 is 5.97 Å². The summed E-state index contributed by atoms with van der Waals surface area (Å²) in [4.78, 5) is 18.5. The summed E-state index contributed by atoms with van der Waals surface area (Å²) in [7, 11) is 0. The number of para-hydroxylation sites is 1. The first-order valence-corrected chi connectivity index (χ1v) is 9.56. The second-order valence-electron chi connectivity index (χ2n) is 6.24. The minimum Gasteiger partial charge on any atom is -0.444 e. The van der Waals surface area contributed by atoms with Gasteiger partial charge in [-0.05, 0) is 43.5 Å². The van der Waals surface area contributed by atoms with Crippen LogP contribution >= 0.6 is 11.3 Å². The lowest BCUT2D eigenvalue weighted by molar-refractivity contribution is 0.0437. The zero-order valence-corrected chi connectivity index (χ0v) is 16.1. The molecule has 0 aliphatic heterocycles. The van der Waals surface area contributed by atoms with E-state index in [0.717, 1.165) is 10.6 Å². The molecule has 3 aromatic heterocycles. The average Bonchev–Trinajstić information content (AvgIpc) is 3.36. The lowest BCUT2D eigenvalue weighted by Gasteiger charge is -2.09. The number of carbonyl (C=O) groups excluding carboxylic acids is 1. The first-order valence-electron chi connectivity index (χ1n) is 8.68. The van der Waals surface area contributed by atoms with Crippen LogP contribution in [0.3, 0.4) is 0 Å². The Morgan fingerprint density at radius 2 is 2.04 bits per heavy atom. The lowest BCUT2D eigenvalue weighted by atomic mass is 10.1. The first-order chi connectivity index (χ1) is 13.6. The van der Waals surface area contributed by atoms with E-state index in [4.69, 9.17) is 15.0 Å². The molecule has 4 rings (SSSR count). The summed E-state index contributed by atoms with van der Waals surface area (Å²) in [5, 5.41) is 16.2. The summed E-state index contributed by atoms with van der Waals surface area (Å²) >= 11 is 1.54. The van der Waals surface area contributed by atoms with Crippen molar-refractivity contribution in [1.29, 1.82) is 5.26 Å². The summed E-state index contributed by atoms with van der Waals surface area (Å²) < 4.78 is 7.00. The molecule has 0 fully saturated rings. The van der Waals surface area contributed by atoms with Crippen LogP contribution in [0.15, 0.2) is 53.9 Å². The van der Waals surface area contributed by atoms with Gasteiger partial charge in [0, 0.05) is 0 Å². The van der Waals surface area contributed by atoms with E-state index in [9.17, 15) is 4.79 Å². The fraction of sp³-hybridized carbons (Fsp3) is 0.143. The molecule has 7 heteroatoms. The minimum atomic E-state index is -0.842. The highest BCUT2D eigenvalue weighted by molar-refractivity contribution is 7.13. The standard InChI is InChI=1S/C21H16N4O2S/c1-13(12-22)27-21(26)16-11-17(18-9-6-10-28-18)23-20-19(16)14(2)24-25(20)15-7-4-3-5-8-15/h3-11,13H,1-2H3. The summed E-state index contributed by atoms with van der Waals surface area (Å²) in [5.41, 5.74) is 3.11. The molecule has 0 aliphatic rings. The Labute approximate surface area is 165 Å². The maximum Gasteiger partial charge on any atom is 0.340 e. The van der Waals surface area contributed by atoms with E-state index in [1.54, 1.807) is 10.7 Å². The van der Waals surface area contributed by atoms with Gasteiger partial charge in [-0.2, -0.15) is 10.4 Å². The molecule has 1 aromatic carbocycles. The average molecular weight is 388 g/mol. The molecule has 0 bridgehead atoms.